The van der Waals surface area contributed by atoms with Crippen LogP contribution < -0.4 is 10.1 Å². The lowest BCUT2D eigenvalue weighted by Crippen LogP contribution is -2.50. The van der Waals surface area contributed by atoms with E-state index in [1.165, 1.54) is 34.6 Å². The van der Waals surface area contributed by atoms with Crippen molar-refractivity contribution in [1.82, 2.24) is 9.21 Å². The van der Waals surface area contributed by atoms with Crippen LogP contribution >= 0.6 is 0 Å². The maximum atomic E-state index is 13.1. The van der Waals surface area contributed by atoms with Crippen molar-refractivity contribution in [2.45, 2.75) is 24.3 Å². The van der Waals surface area contributed by atoms with Crippen molar-refractivity contribution in [3.8, 4) is 5.75 Å². The van der Waals surface area contributed by atoms with Crippen LogP contribution in [0.15, 0.2) is 47.4 Å². The molecule has 164 valence electrons. The Morgan fingerprint density at radius 2 is 1.81 bits per heavy atom. The predicted octanol–water partition coefficient (Wildman–Crippen LogP) is 1.62. The van der Waals surface area contributed by atoms with Crippen LogP contribution in [0.1, 0.15) is 12.5 Å². The summed E-state index contributed by atoms with van der Waals surface area (Å²) in [5, 5.41) is 2.65. The van der Waals surface area contributed by atoms with E-state index >= 15 is 0 Å². The molecule has 2 aromatic carbocycles. The molecule has 4 rings (SSSR count). The highest BCUT2D eigenvalue weighted by Crippen LogP contribution is 2.33. The lowest BCUT2D eigenvalue weighted by Gasteiger charge is -2.34. The molecule has 2 aliphatic rings. The molecule has 2 aliphatic heterocycles. The topological polar surface area (TPSA) is 96.0 Å². The highest BCUT2D eigenvalue weighted by Gasteiger charge is 2.32. The Balaban J connectivity index is 1.41. The lowest BCUT2D eigenvalue weighted by molar-refractivity contribution is -0.131. The summed E-state index contributed by atoms with van der Waals surface area (Å²) in [4.78, 5) is 26.0. The molecule has 2 amide bonds. The molecular weight excluding hydrogens is 425 g/mol. The first-order valence-corrected chi connectivity index (χ1v) is 11.3. The Morgan fingerprint density at radius 3 is 2.48 bits per heavy atom. The van der Waals surface area contributed by atoms with Crippen LogP contribution in [0.2, 0.25) is 0 Å². The number of nitrogens with zero attached hydrogens (tertiary/aromatic N) is 2. The van der Waals surface area contributed by atoms with Gasteiger partial charge in [0.05, 0.1) is 17.0 Å². The normalized spacial score (nSPS) is 19.4. The molecular formula is C21H22FN3O5S. The van der Waals surface area contributed by atoms with Crippen molar-refractivity contribution in [2.75, 3.05) is 31.5 Å². The van der Waals surface area contributed by atoms with Gasteiger partial charge in [-0.3, -0.25) is 9.59 Å². The molecule has 0 unspecified atom stereocenters. The third-order valence-electron chi connectivity index (χ3n) is 5.38. The number of piperazine rings is 1. The maximum absolute atomic E-state index is 13.1. The van der Waals surface area contributed by atoms with Crippen LogP contribution in [0.25, 0.3) is 0 Å². The van der Waals surface area contributed by atoms with Crippen LogP contribution in [0, 0.1) is 5.82 Å². The maximum Gasteiger partial charge on any atom is 0.265 e. The summed E-state index contributed by atoms with van der Waals surface area (Å²) < 4.78 is 45.9. The average Bonchev–Trinajstić information content (AvgIpc) is 2.76. The predicted molar refractivity (Wildman–Crippen MR) is 111 cm³/mol. The highest BCUT2D eigenvalue weighted by molar-refractivity contribution is 7.89. The van der Waals surface area contributed by atoms with E-state index in [0.717, 1.165) is 0 Å². The summed E-state index contributed by atoms with van der Waals surface area (Å²) in [5.41, 5.74) is 1.02. The molecule has 8 nitrogen and oxygen atoms in total. The zero-order valence-electron chi connectivity index (χ0n) is 16.9. The van der Waals surface area contributed by atoms with Gasteiger partial charge in [0.1, 0.15) is 11.6 Å². The van der Waals surface area contributed by atoms with Crippen LogP contribution in [0.4, 0.5) is 10.1 Å². The van der Waals surface area contributed by atoms with E-state index in [4.69, 9.17) is 4.74 Å². The molecule has 1 atom stereocenters. The van der Waals surface area contributed by atoms with Crippen molar-refractivity contribution in [1.29, 1.82) is 0 Å². The fourth-order valence-electron chi connectivity index (χ4n) is 3.56. The third kappa shape index (κ3) is 4.40. The molecule has 10 heteroatoms. The number of nitrogens with one attached hydrogen (secondary N) is 1. The van der Waals surface area contributed by atoms with Crippen LogP contribution in [-0.2, 0) is 26.0 Å². The van der Waals surface area contributed by atoms with E-state index in [1.54, 1.807) is 24.0 Å². The van der Waals surface area contributed by atoms with Crippen LogP contribution in [-0.4, -0.2) is 61.7 Å². The second kappa shape index (κ2) is 8.27. The summed E-state index contributed by atoms with van der Waals surface area (Å²) in [6, 6.07) is 10.1. The van der Waals surface area contributed by atoms with Gasteiger partial charge in [-0.25, -0.2) is 12.8 Å². The minimum atomic E-state index is -3.79. The number of benzene rings is 2. The van der Waals surface area contributed by atoms with E-state index in [-0.39, 0.29) is 55.1 Å². The Labute approximate surface area is 179 Å². The molecule has 2 heterocycles. The fourth-order valence-corrected chi connectivity index (χ4v) is 5.01. The molecule has 31 heavy (non-hydrogen) atoms. The highest BCUT2D eigenvalue weighted by atomic mass is 32.2. The van der Waals surface area contributed by atoms with Crippen LogP contribution in [0.5, 0.6) is 5.75 Å². The zero-order chi connectivity index (χ0) is 22.2. The molecule has 0 spiro atoms. The smallest absolute Gasteiger partial charge is 0.265 e. The molecule has 2 aromatic rings. The van der Waals surface area contributed by atoms with Crippen molar-refractivity contribution in [3.63, 3.8) is 0 Å². The van der Waals surface area contributed by atoms with E-state index in [9.17, 15) is 22.4 Å². The van der Waals surface area contributed by atoms with Gasteiger partial charge in [0, 0.05) is 26.2 Å². The largest absolute Gasteiger partial charge is 0.479 e. The van der Waals surface area contributed by atoms with Crippen molar-refractivity contribution >= 4 is 27.5 Å². The van der Waals surface area contributed by atoms with E-state index < -0.39 is 16.1 Å². The third-order valence-corrected chi connectivity index (χ3v) is 7.27. The quantitative estimate of drug-likeness (QED) is 0.769. The molecule has 1 N–H and O–H groups in total. The molecule has 1 saturated heterocycles. The molecule has 0 saturated carbocycles. The zero-order valence-corrected chi connectivity index (χ0v) is 17.7. The number of amides is 2. The summed E-state index contributed by atoms with van der Waals surface area (Å²) in [7, 11) is -3.79. The Bertz CT molecular complexity index is 1110. The second-order valence-electron chi connectivity index (χ2n) is 7.50. The Morgan fingerprint density at radius 1 is 1.13 bits per heavy atom. The number of fused-ring (bicyclic) bond motifs is 1. The van der Waals surface area contributed by atoms with E-state index in [2.05, 4.69) is 5.32 Å². The van der Waals surface area contributed by atoms with Gasteiger partial charge in [-0.05, 0) is 42.8 Å². The summed E-state index contributed by atoms with van der Waals surface area (Å²) >= 11 is 0. The van der Waals surface area contributed by atoms with Gasteiger partial charge in [0.15, 0.2) is 6.10 Å². The number of halogens is 1. The van der Waals surface area contributed by atoms with E-state index in [0.29, 0.717) is 17.0 Å². The van der Waals surface area contributed by atoms with Gasteiger partial charge in [0.2, 0.25) is 15.9 Å². The molecule has 0 aromatic heterocycles. The minimum absolute atomic E-state index is 0.0517. The molecule has 0 radical (unpaired) electrons. The standard InChI is InChI=1S/C21H22FN3O5S/c1-14-21(27)23-18-13-17(6-7-19(18)30-14)31(28,29)25-10-8-24(9-11-25)20(26)12-15-2-4-16(22)5-3-15/h2-7,13-14H,8-12H2,1H3,(H,23,27)/t14-/m0/s1. The minimum Gasteiger partial charge on any atom is -0.479 e. The number of sulfonamides is 1. The number of anilines is 1. The summed E-state index contributed by atoms with van der Waals surface area (Å²) in [6.07, 6.45) is -0.508. The number of carbonyl (C=O) groups excluding carboxylic acids is 2. The van der Waals surface area contributed by atoms with Gasteiger partial charge in [0.25, 0.3) is 5.91 Å². The number of hydrogen-bond donors (Lipinski definition) is 1. The van der Waals surface area contributed by atoms with E-state index in [1.807, 2.05) is 0 Å². The first-order chi connectivity index (χ1) is 14.7. The summed E-state index contributed by atoms with van der Waals surface area (Å²) in [5.74, 6) is -0.415. The van der Waals surface area contributed by atoms with Crippen LogP contribution in [0.3, 0.4) is 0 Å². The average molecular weight is 447 g/mol. The van der Waals surface area contributed by atoms with Crippen molar-refractivity contribution < 1.29 is 27.1 Å². The SMILES string of the molecule is C[C@@H]1Oc2ccc(S(=O)(=O)N3CCN(C(=O)Cc4ccc(F)cc4)CC3)cc2NC1=O. The second-order valence-corrected chi connectivity index (χ2v) is 9.43. The Hall–Kier alpha value is -2.98. The first-order valence-electron chi connectivity index (χ1n) is 9.88. The van der Waals surface area contributed by atoms with Gasteiger partial charge >= 0.3 is 0 Å². The number of carbonyl (C=O) groups is 2. The Kier molecular flexibility index (Phi) is 5.67. The van der Waals surface area contributed by atoms with Gasteiger partial charge in [-0.1, -0.05) is 12.1 Å². The molecule has 1 fully saturated rings. The number of rotatable bonds is 4. The molecule has 0 bridgehead atoms. The van der Waals surface area contributed by atoms with Gasteiger partial charge < -0.3 is 15.0 Å². The van der Waals surface area contributed by atoms with Gasteiger partial charge in [-0.2, -0.15) is 4.31 Å². The summed E-state index contributed by atoms with van der Waals surface area (Å²) in [6.45, 7) is 2.46. The van der Waals surface area contributed by atoms with Gasteiger partial charge in [-0.15, -0.1) is 0 Å². The fraction of sp³-hybridized carbons (Fsp3) is 0.333. The van der Waals surface area contributed by atoms with Crippen molar-refractivity contribution in [2.24, 2.45) is 0 Å². The number of ether oxygens (including phenoxy) is 1. The van der Waals surface area contributed by atoms with Crippen molar-refractivity contribution in [3.05, 3.63) is 53.8 Å². The lowest BCUT2D eigenvalue weighted by atomic mass is 10.1. The monoisotopic (exact) mass is 447 g/mol. The molecule has 0 aliphatic carbocycles. The number of hydrogen-bond acceptors (Lipinski definition) is 5. The first kappa shape index (κ1) is 21.3.